The van der Waals surface area contributed by atoms with Gasteiger partial charge in [0.1, 0.15) is 5.82 Å². The summed E-state index contributed by atoms with van der Waals surface area (Å²) in [7, 11) is 0. The maximum Gasteiger partial charge on any atom is 0.223 e. The number of amides is 1. The van der Waals surface area contributed by atoms with E-state index in [-0.39, 0.29) is 11.8 Å². The van der Waals surface area contributed by atoms with Gasteiger partial charge in [0.25, 0.3) is 0 Å². The zero-order valence-electron chi connectivity index (χ0n) is 19.5. The third-order valence-corrected chi connectivity index (χ3v) is 6.50. The van der Waals surface area contributed by atoms with Crippen LogP contribution in [-0.4, -0.2) is 45.4 Å². The molecule has 0 saturated carbocycles. The number of hydrogen-bond acceptors (Lipinski definition) is 5. The predicted molar refractivity (Wildman–Crippen MR) is 134 cm³/mol. The second-order valence-electron chi connectivity index (χ2n) is 9.00. The van der Waals surface area contributed by atoms with E-state index in [0.717, 1.165) is 68.2 Å². The lowest BCUT2D eigenvalue weighted by Crippen LogP contribution is -2.41. The fraction of sp³-hybridized carbons (Fsp3) is 0.333. The summed E-state index contributed by atoms with van der Waals surface area (Å²) >= 11 is 0. The number of anilines is 1. The minimum atomic E-state index is 0.0643. The lowest BCUT2D eigenvalue weighted by Gasteiger charge is -2.32. The first-order chi connectivity index (χ1) is 16.7. The highest BCUT2D eigenvalue weighted by atomic mass is 16.1. The summed E-state index contributed by atoms with van der Waals surface area (Å²) in [5.41, 5.74) is 4.21. The van der Waals surface area contributed by atoms with Crippen LogP contribution < -0.4 is 10.2 Å². The third kappa shape index (κ3) is 4.93. The van der Waals surface area contributed by atoms with Crippen molar-refractivity contribution in [3.63, 3.8) is 0 Å². The Morgan fingerprint density at radius 2 is 1.82 bits per heavy atom. The first-order valence-electron chi connectivity index (χ1n) is 12.0. The third-order valence-electron chi connectivity index (χ3n) is 6.50. The topological polar surface area (TPSA) is 75.4 Å². The van der Waals surface area contributed by atoms with Crippen molar-refractivity contribution in [2.75, 3.05) is 24.5 Å². The molecule has 0 bridgehead atoms. The van der Waals surface area contributed by atoms with E-state index >= 15 is 0 Å². The highest BCUT2D eigenvalue weighted by molar-refractivity contribution is 5.79. The van der Waals surface area contributed by atoms with Crippen LogP contribution in [0.1, 0.15) is 30.4 Å². The lowest BCUT2D eigenvalue weighted by atomic mass is 9.96. The van der Waals surface area contributed by atoms with Crippen molar-refractivity contribution >= 4 is 17.4 Å². The average Bonchev–Trinajstić information content (AvgIpc) is 3.31. The van der Waals surface area contributed by atoms with E-state index in [4.69, 9.17) is 5.10 Å². The molecule has 7 heteroatoms. The van der Waals surface area contributed by atoms with Gasteiger partial charge in [-0.2, -0.15) is 4.52 Å². The molecule has 0 radical (unpaired) electrons. The van der Waals surface area contributed by atoms with E-state index < -0.39 is 0 Å². The van der Waals surface area contributed by atoms with Crippen LogP contribution in [-0.2, 0) is 11.2 Å². The van der Waals surface area contributed by atoms with Gasteiger partial charge in [-0.1, -0.05) is 54.1 Å². The number of carbonyl (C=O) groups is 1. The van der Waals surface area contributed by atoms with Crippen LogP contribution in [0.4, 0.5) is 5.82 Å². The molecule has 34 heavy (non-hydrogen) atoms. The number of benzene rings is 2. The summed E-state index contributed by atoms with van der Waals surface area (Å²) in [5.74, 6) is 1.87. The molecule has 3 heterocycles. The first-order valence-corrected chi connectivity index (χ1v) is 12.0. The Bertz CT molecular complexity index is 1260. The number of rotatable bonds is 7. The molecule has 1 aliphatic heterocycles. The van der Waals surface area contributed by atoms with E-state index in [1.54, 1.807) is 0 Å². The zero-order chi connectivity index (χ0) is 23.3. The standard InChI is InChI=1S/C27H30N6O/c1-20-7-5-11-23(19-20)26-30-29-24-12-13-25(31-33(24)26)32-17-14-22(15-18-32)27(34)28-16-6-10-21-8-3-2-4-9-21/h2-5,7-9,11-13,19,22H,6,10,14-18H2,1H3,(H,28,34). The molecular weight excluding hydrogens is 424 g/mol. The summed E-state index contributed by atoms with van der Waals surface area (Å²) in [6.07, 6.45) is 3.61. The number of carbonyl (C=O) groups excluding carboxylic acids is 1. The summed E-state index contributed by atoms with van der Waals surface area (Å²) in [6, 6.07) is 22.6. The Kier molecular flexibility index (Phi) is 6.51. The second-order valence-corrected chi connectivity index (χ2v) is 9.00. The zero-order valence-corrected chi connectivity index (χ0v) is 19.5. The van der Waals surface area contributed by atoms with Crippen molar-refractivity contribution in [1.29, 1.82) is 0 Å². The minimum Gasteiger partial charge on any atom is -0.356 e. The van der Waals surface area contributed by atoms with Gasteiger partial charge in [0, 0.05) is 31.1 Å². The molecule has 174 valence electrons. The maximum absolute atomic E-state index is 12.7. The monoisotopic (exact) mass is 454 g/mol. The Morgan fingerprint density at radius 1 is 1.00 bits per heavy atom. The summed E-state index contributed by atoms with van der Waals surface area (Å²) in [5, 5.41) is 16.6. The van der Waals surface area contributed by atoms with E-state index in [1.807, 2.05) is 34.8 Å². The van der Waals surface area contributed by atoms with Crippen molar-refractivity contribution in [1.82, 2.24) is 25.1 Å². The molecule has 0 aliphatic carbocycles. The summed E-state index contributed by atoms with van der Waals surface area (Å²) in [6.45, 7) is 4.40. The van der Waals surface area contributed by atoms with Crippen molar-refractivity contribution in [2.24, 2.45) is 5.92 Å². The van der Waals surface area contributed by atoms with E-state index in [1.165, 1.54) is 11.1 Å². The molecule has 1 aliphatic rings. The van der Waals surface area contributed by atoms with Crippen LogP contribution in [0.5, 0.6) is 0 Å². The van der Waals surface area contributed by atoms with Crippen molar-refractivity contribution < 1.29 is 4.79 Å². The number of nitrogens with one attached hydrogen (secondary N) is 1. The van der Waals surface area contributed by atoms with E-state index in [2.05, 4.69) is 63.7 Å². The molecule has 0 atom stereocenters. The van der Waals surface area contributed by atoms with Crippen molar-refractivity contribution in [2.45, 2.75) is 32.6 Å². The van der Waals surface area contributed by atoms with Crippen molar-refractivity contribution in [3.05, 3.63) is 77.9 Å². The van der Waals surface area contributed by atoms with Gasteiger partial charge < -0.3 is 10.2 Å². The second kappa shape index (κ2) is 10.0. The Morgan fingerprint density at radius 3 is 2.62 bits per heavy atom. The van der Waals surface area contributed by atoms with Gasteiger partial charge in [0.2, 0.25) is 5.91 Å². The Balaban J connectivity index is 1.17. The number of fused-ring (bicyclic) bond motifs is 1. The highest BCUT2D eigenvalue weighted by Gasteiger charge is 2.26. The van der Waals surface area contributed by atoms with Crippen LogP contribution in [0.3, 0.4) is 0 Å². The first kappa shape index (κ1) is 22.1. The molecule has 4 aromatic rings. The number of piperidine rings is 1. The average molecular weight is 455 g/mol. The van der Waals surface area contributed by atoms with Crippen LogP contribution in [0.2, 0.25) is 0 Å². The Hall–Kier alpha value is -3.74. The molecule has 2 aromatic carbocycles. The van der Waals surface area contributed by atoms with Crippen LogP contribution in [0, 0.1) is 12.8 Å². The predicted octanol–water partition coefficient (Wildman–Crippen LogP) is 4.07. The fourth-order valence-corrected chi connectivity index (χ4v) is 4.58. The molecule has 2 aromatic heterocycles. The largest absolute Gasteiger partial charge is 0.356 e. The molecule has 1 amide bonds. The number of hydrogen-bond donors (Lipinski definition) is 1. The number of aryl methyl sites for hydroxylation is 2. The maximum atomic E-state index is 12.7. The molecule has 0 unspecified atom stereocenters. The molecule has 1 saturated heterocycles. The lowest BCUT2D eigenvalue weighted by molar-refractivity contribution is -0.125. The van der Waals surface area contributed by atoms with Gasteiger partial charge >= 0.3 is 0 Å². The summed E-state index contributed by atoms with van der Waals surface area (Å²) < 4.78 is 1.82. The molecule has 1 fully saturated rings. The quantitative estimate of drug-likeness (QED) is 0.426. The van der Waals surface area contributed by atoms with E-state index in [9.17, 15) is 4.79 Å². The Labute approximate surface area is 199 Å². The number of aromatic nitrogens is 4. The molecular formula is C27H30N6O. The van der Waals surface area contributed by atoms with Crippen LogP contribution in [0.15, 0.2) is 66.7 Å². The minimum absolute atomic E-state index is 0.0643. The molecule has 0 spiro atoms. The van der Waals surface area contributed by atoms with Crippen LogP contribution in [0.25, 0.3) is 17.0 Å². The van der Waals surface area contributed by atoms with Crippen LogP contribution >= 0.6 is 0 Å². The smallest absolute Gasteiger partial charge is 0.223 e. The van der Waals surface area contributed by atoms with Gasteiger partial charge in [-0.25, -0.2) is 0 Å². The van der Waals surface area contributed by atoms with Gasteiger partial charge in [-0.15, -0.1) is 15.3 Å². The van der Waals surface area contributed by atoms with Gasteiger partial charge in [0.15, 0.2) is 11.5 Å². The fourth-order valence-electron chi connectivity index (χ4n) is 4.58. The van der Waals surface area contributed by atoms with Crippen molar-refractivity contribution in [3.8, 4) is 11.4 Å². The SMILES string of the molecule is Cc1cccc(-c2nnc3ccc(N4CCC(C(=O)NCCCc5ccccc5)CC4)nn23)c1. The normalized spacial score (nSPS) is 14.4. The van der Waals surface area contributed by atoms with Gasteiger partial charge in [-0.05, 0) is 56.4 Å². The summed E-state index contributed by atoms with van der Waals surface area (Å²) in [4.78, 5) is 14.9. The van der Waals surface area contributed by atoms with Gasteiger partial charge in [-0.3, -0.25) is 4.79 Å². The highest BCUT2D eigenvalue weighted by Crippen LogP contribution is 2.24. The molecule has 7 nitrogen and oxygen atoms in total. The number of nitrogens with zero attached hydrogens (tertiary/aromatic N) is 5. The van der Waals surface area contributed by atoms with Gasteiger partial charge in [0.05, 0.1) is 0 Å². The molecule has 1 N–H and O–H groups in total. The van der Waals surface area contributed by atoms with E-state index in [0.29, 0.717) is 0 Å². The molecule has 5 rings (SSSR count).